The van der Waals surface area contributed by atoms with E-state index in [1.165, 1.54) is 0 Å². The summed E-state index contributed by atoms with van der Waals surface area (Å²) in [4.78, 5) is 17.7. The largest absolute Gasteiger partial charge is 0.370 e. The summed E-state index contributed by atoms with van der Waals surface area (Å²) in [5.41, 5.74) is 6.87. The maximum Gasteiger partial charge on any atom is 0.225 e. The van der Waals surface area contributed by atoms with Crippen LogP contribution in [0.2, 0.25) is 0 Å². The van der Waals surface area contributed by atoms with Crippen molar-refractivity contribution in [3.63, 3.8) is 0 Å². The Morgan fingerprint density at radius 2 is 1.73 bits per heavy atom. The lowest BCUT2D eigenvalue weighted by Gasteiger charge is -2.34. The molecule has 140 valence electrons. The highest BCUT2D eigenvalue weighted by Crippen LogP contribution is 2.09. The van der Waals surface area contributed by atoms with E-state index >= 15 is 0 Å². The minimum atomic E-state index is 0. The standard InChI is InChI=1S/C18H25N7.HI/c19-17(23-16-6-2-1-3-7-16)20-10-5-11-24-12-14-25(15-13-24)18-21-8-4-9-22-18;/h1-4,6-9H,5,10-15H2,(H3,19,20,23);1H. The molecule has 1 aliphatic heterocycles. The predicted octanol–water partition coefficient (Wildman–Crippen LogP) is 2.03. The molecular formula is C18H26IN7. The van der Waals surface area contributed by atoms with Gasteiger partial charge in [0, 0.05) is 57.3 Å². The van der Waals surface area contributed by atoms with Gasteiger partial charge in [-0.2, -0.15) is 0 Å². The molecule has 3 N–H and O–H groups in total. The fraction of sp³-hybridized carbons (Fsp3) is 0.389. The summed E-state index contributed by atoms with van der Waals surface area (Å²) in [6.07, 6.45) is 4.58. The number of hydrogen-bond acceptors (Lipinski definition) is 5. The number of para-hydroxylation sites is 1. The van der Waals surface area contributed by atoms with E-state index < -0.39 is 0 Å². The van der Waals surface area contributed by atoms with Gasteiger partial charge in [-0.05, 0) is 24.6 Å². The minimum absolute atomic E-state index is 0. The van der Waals surface area contributed by atoms with Gasteiger partial charge in [-0.15, -0.1) is 24.0 Å². The Labute approximate surface area is 171 Å². The summed E-state index contributed by atoms with van der Waals surface area (Å²) >= 11 is 0. The summed E-state index contributed by atoms with van der Waals surface area (Å²) in [7, 11) is 0. The molecule has 0 atom stereocenters. The van der Waals surface area contributed by atoms with Crippen molar-refractivity contribution < 1.29 is 0 Å². The number of piperazine rings is 1. The first-order valence-electron chi connectivity index (χ1n) is 8.67. The van der Waals surface area contributed by atoms with Crippen molar-refractivity contribution in [2.75, 3.05) is 49.5 Å². The number of halogens is 1. The lowest BCUT2D eigenvalue weighted by atomic mass is 10.3. The molecule has 1 fully saturated rings. The van der Waals surface area contributed by atoms with Gasteiger partial charge in [-0.1, -0.05) is 18.2 Å². The molecule has 1 aromatic carbocycles. The van der Waals surface area contributed by atoms with Crippen LogP contribution in [0.25, 0.3) is 0 Å². The van der Waals surface area contributed by atoms with Gasteiger partial charge in [0.1, 0.15) is 0 Å². The second-order valence-corrected chi connectivity index (χ2v) is 5.99. The summed E-state index contributed by atoms with van der Waals surface area (Å²) in [6, 6.07) is 11.7. The first-order chi connectivity index (χ1) is 12.3. The van der Waals surface area contributed by atoms with Crippen LogP contribution in [-0.4, -0.2) is 60.1 Å². The molecule has 0 bridgehead atoms. The molecule has 2 aromatic rings. The molecule has 8 heteroatoms. The number of nitrogens with two attached hydrogens (primary N) is 1. The van der Waals surface area contributed by atoms with Gasteiger partial charge in [-0.3, -0.25) is 9.89 Å². The number of rotatable bonds is 6. The SMILES string of the molecule is I.NC(=NCCCN1CCN(c2ncccn2)CC1)Nc1ccccc1. The van der Waals surface area contributed by atoms with Gasteiger partial charge in [-0.25, -0.2) is 9.97 Å². The predicted molar refractivity (Wildman–Crippen MR) is 117 cm³/mol. The van der Waals surface area contributed by atoms with E-state index in [2.05, 4.69) is 30.1 Å². The molecule has 0 radical (unpaired) electrons. The molecule has 3 rings (SSSR count). The van der Waals surface area contributed by atoms with Gasteiger partial charge >= 0.3 is 0 Å². The Bertz CT molecular complexity index is 658. The monoisotopic (exact) mass is 467 g/mol. The summed E-state index contributed by atoms with van der Waals surface area (Å²) in [5, 5.41) is 3.10. The van der Waals surface area contributed by atoms with E-state index in [1.54, 1.807) is 12.4 Å². The minimum Gasteiger partial charge on any atom is -0.370 e. The average molecular weight is 467 g/mol. The number of anilines is 2. The average Bonchev–Trinajstić information content (AvgIpc) is 2.67. The summed E-state index contributed by atoms with van der Waals surface area (Å²) in [6.45, 7) is 5.74. The highest BCUT2D eigenvalue weighted by Gasteiger charge is 2.17. The van der Waals surface area contributed by atoms with Crippen LogP contribution in [0.15, 0.2) is 53.8 Å². The topological polar surface area (TPSA) is 82.7 Å². The maximum atomic E-state index is 5.91. The van der Waals surface area contributed by atoms with Crippen molar-refractivity contribution in [3.05, 3.63) is 48.8 Å². The third-order valence-corrected chi connectivity index (χ3v) is 4.17. The highest BCUT2D eigenvalue weighted by molar-refractivity contribution is 14.0. The van der Waals surface area contributed by atoms with Gasteiger partial charge in [0.2, 0.25) is 5.95 Å². The van der Waals surface area contributed by atoms with Gasteiger partial charge < -0.3 is 16.0 Å². The Morgan fingerprint density at radius 1 is 1.04 bits per heavy atom. The second kappa shape index (κ2) is 10.9. The molecule has 2 heterocycles. The lowest BCUT2D eigenvalue weighted by Crippen LogP contribution is -2.47. The van der Waals surface area contributed by atoms with Crippen molar-refractivity contribution in [2.24, 2.45) is 10.7 Å². The first-order valence-corrected chi connectivity index (χ1v) is 8.67. The van der Waals surface area contributed by atoms with Crippen LogP contribution < -0.4 is 16.0 Å². The Balaban J connectivity index is 0.00000243. The molecule has 26 heavy (non-hydrogen) atoms. The zero-order valence-corrected chi connectivity index (χ0v) is 17.1. The third kappa shape index (κ3) is 6.41. The fourth-order valence-electron chi connectivity index (χ4n) is 2.83. The molecule has 0 spiro atoms. The molecule has 0 saturated carbocycles. The lowest BCUT2D eigenvalue weighted by molar-refractivity contribution is 0.255. The Kier molecular flexibility index (Phi) is 8.56. The van der Waals surface area contributed by atoms with Crippen molar-refractivity contribution in [3.8, 4) is 0 Å². The number of guanidine groups is 1. The van der Waals surface area contributed by atoms with Crippen LogP contribution in [0.4, 0.5) is 11.6 Å². The quantitative estimate of drug-likeness (QED) is 0.293. The zero-order chi connectivity index (χ0) is 17.3. The normalized spacial score (nSPS) is 15.4. The summed E-state index contributed by atoms with van der Waals surface area (Å²) in [5.74, 6) is 1.30. The van der Waals surface area contributed by atoms with Crippen molar-refractivity contribution in [1.29, 1.82) is 0 Å². The third-order valence-electron chi connectivity index (χ3n) is 4.17. The van der Waals surface area contributed by atoms with E-state index in [0.29, 0.717) is 5.96 Å². The molecule has 0 aliphatic carbocycles. The molecule has 1 aromatic heterocycles. The Hall–Kier alpha value is -1.94. The van der Waals surface area contributed by atoms with Crippen molar-refractivity contribution >= 4 is 41.6 Å². The summed E-state index contributed by atoms with van der Waals surface area (Å²) < 4.78 is 0. The van der Waals surface area contributed by atoms with E-state index in [4.69, 9.17) is 5.73 Å². The molecule has 0 amide bonds. The molecular weight excluding hydrogens is 441 g/mol. The van der Waals surface area contributed by atoms with Crippen LogP contribution >= 0.6 is 24.0 Å². The molecule has 7 nitrogen and oxygen atoms in total. The first kappa shape index (κ1) is 20.4. The van der Waals surface area contributed by atoms with E-state index in [1.807, 2.05) is 36.4 Å². The smallest absolute Gasteiger partial charge is 0.225 e. The molecule has 1 saturated heterocycles. The highest BCUT2D eigenvalue weighted by atomic mass is 127. The fourth-order valence-corrected chi connectivity index (χ4v) is 2.83. The number of aliphatic imine (C=N–C) groups is 1. The second-order valence-electron chi connectivity index (χ2n) is 5.99. The van der Waals surface area contributed by atoms with E-state index in [9.17, 15) is 0 Å². The van der Waals surface area contributed by atoms with Crippen LogP contribution in [0.5, 0.6) is 0 Å². The maximum absolute atomic E-state index is 5.91. The molecule has 1 aliphatic rings. The number of aromatic nitrogens is 2. The number of nitrogens with one attached hydrogen (secondary N) is 1. The van der Waals surface area contributed by atoms with E-state index in [-0.39, 0.29) is 24.0 Å². The van der Waals surface area contributed by atoms with Crippen LogP contribution in [-0.2, 0) is 0 Å². The van der Waals surface area contributed by atoms with Gasteiger partial charge in [0.15, 0.2) is 5.96 Å². The van der Waals surface area contributed by atoms with Gasteiger partial charge in [0.25, 0.3) is 0 Å². The number of benzene rings is 1. The van der Waals surface area contributed by atoms with Crippen molar-refractivity contribution in [2.45, 2.75) is 6.42 Å². The zero-order valence-electron chi connectivity index (χ0n) is 14.8. The van der Waals surface area contributed by atoms with Crippen LogP contribution in [0, 0.1) is 0 Å². The number of nitrogens with zero attached hydrogens (tertiary/aromatic N) is 5. The Morgan fingerprint density at radius 3 is 2.42 bits per heavy atom. The van der Waals surface area contributed by atoms with Gasteiger partial charge in [0.05, 0.1) is 0 Å². The van der Waals surface area contributed by atoms with E-state index in [0.717, 1.165) is 57.3 Å². The van der Waals surface area contributed by atoms with Crippen LogP contribution in [0.3, 0.4) is 0 Å². The van der Waals surface area contributed by atoms with Crippen LogP contribution in [0.1, 0.15) is 6.42 Å². The van der Waals surface area contributed by atoms with Crippen molar-refractivity contribution in [1.82, 2.24) is 14.9 Å². The molecule has 0 unspecified atom stereocenters. The number of hydrogen-bond donors (Lipinski definition) is 2.